The molecular formula is C30H31ClN6. The first-order chi connectivity index (χ1) is 18.0. The molecule has 2 aromatic heterocycles. The van der Waals surface area contributed by atoms with E-state index in [0.29, 0.717) is 23.3 Å². The van der Waals surface area contributed by atoms with Crippen molar-refractivity contribution in [2.24, 2.45) is 0 Å². The summed E-state index contributed by atoms with van der Waals surface area (Å²) >= 11 is 6.56. The molecule has 5 aromatic rings. The van der Waals surface area contributed by atoms with Crippen LogP contribution in [0, 0.1) is 0 Å². The van der Waals surface area contributed by atoms with Crippen LogP contribution in [0.1, 0.15) is 63.3 Å². The topological polar surface area (TPSA) is 81.4 Å². The highest BCUT2D eigenvalue weighted by Gasteiger charge is 2.26. The quantitative estimate of drug-likeness (QED) is 0.209. The standard InChI is InChI=1S/C30H31ClN6/c1-16-3-12-24(32-16)29-34-23-14-10-21-15-20(9-11-22(21)27(23)36-29)18-5-7-19(8-6-18)26-28(31)37-30(35-26)25-13-4-17(2)33-25/h5-11,14-17,24-25,32-33H,3-4,12-13H2,1-2H3,(H,34,36)(H,35,37)/t16-,17-,24-,25-/m0/s1. The Balaban J connectivity index is 1.17. The molecule has 7 heteroatoms. The van der Waals surface area contributed by atoms with Gasteiger partial charge >= 0.3 is 0 Å². The number of H-pyrrole nitrogens is 2. The van der Waals surface area contributed by atoms with Crippen LogP contribution in [0.15, 0.2) is 54.6 Å². The van der Waals surface area contributed by atoms with E-state index in [1.54, 1.807) is 0 Å². The minimum absolute atomic E-state index is 0.244. The maximum Gasteiger partial charge on any atom is 0.134 e. The number of nitrogens with one attached hydrogen (secondary N) is 4. The number of nitrogens with zero attached hydrogens (tertiary/aromatic N) is 2. The number of rotatable bonds is 4. The third-order valence-electron chi connectivity index (χ3n) is 8.06. The molecular weight excluding hydrogens is 480 g/mol. The molecule has 0 amide bonds. The van der Waals surface area contributed by atoms with Crippen LogP contribution in [0.2, 0.25) is 5.15 Å². The Kier molecular flexibility index (Phi) is 5.57. The predicted molar refractivity (Wildman–Crippen MR) is 151 cm³/mol. The van der Waals surface area contributed by atoms with Gasteiger partial charge in [0.15, 0.2) is 0 Å². The minimum Gasteiger partial charge on any atom is -0.341 e. The van der Waals surface area contributed by atoms with Crippen molar-refractivity contribution in [3.8, 4) is 22.4 Å². The summed E-state index contributed by atoms with van der Waals surface area (Å²) in [4.78, 5) is 16.7. The summed E-state index contributed by atoms with van der Waals surface area (Å²) < 4.78 is 0. The fourth-order valence-corrected chi connectivity index (χ4v) is 6.24. The van der Waals surface area contributed by atoms with E-state index in [0.717, 1.165) is 58.8 Å². The second-order valence-electron chi connectivity index (χ2n) is 10.8. The minimum atomic E-state index is 0.244. The molecule has 0 saturated carbocycles. The molecule has 0 bridgehead atoms. The number of fused-ring (bicyclic) bond motifs is 3. The Morgan fingerprint density at radius 3 is 2.03 bits per heavy atom. The lowest BCUT2D eigenvalue weighted by molar-refractivity contribution is 0.564. The van der Waals surface area contributed by atoms with E-state index in [1.807, 2.05) is 0 Å². The predicted octanol–water partition coefficient (Wildman–Crippen LogP) is 7.05. The molecule has 0 unspecified atom stereocenters. The molecule has 0 radical (unpaired) electrons. The van der Waals surface area contributed by atoms with E-state index in [4.69, 9.17) is 21.6 Å². The maximum atomic E-state index is 6.56. The van der Waals surface area contributed by atoms with Crippen LogP contribution in [0.3, 0.4) is 0 Å². The summed E-state index contributed by atoms with van der Waals surface area (Å²) in [5, 5.41) is 10.2. The van der Waals surface area contributed by atoms with Gasteiger partial charge in [-0.3, -0.25) is 0 Å². The molecule has 37 heavy (non-hydrogen) atoms. The number of aromatic nitrogens is 4. The highest BCUT2D eigenvalue weighted by atomic mass is 35.5. The van der Waals surface area contributed by atoms with Gasteiger partial charge in [0.05, 0.1) is 23.1 Å². The Labute approximate surface area is 221 Å². The third-order valence-corrected chi connectivity index (χ3v) is 8.34. The fraction of sp³-hybridized carbons (Fsp3) is 0.333. The van der Waals surface area contributed by atoms with Gasteiger partial charge in [-0.15, -0.1) is 0 Å². The molecule has 4 N–H and O–H groups in total. The van der Waals surface area contributed by atoms with E-state index in [-0.39, 0.29) is 6.04 Å². The van der Waals surface area contributed by atoms with Crippen molar-refractivity contribution in [2.75, 3.05) is 0 Å². The van der Waals surface area contributed by atoms with Crippen molar-refractivity contribution in [1.82, 2.24) is 30.6 Å². The smallest absolute Gasteiger partial charge is 0.134 e. The first-order valence-corrected chi connectivity index (χ1v) is 13.7. The van der Waals surface area contributed by atoms with Gasteiger partial charge in [-0.1, -0.05) is 54.1 Å². The summed E-state index contributed by atoms with van der Waals surface area (Å²) in [7, 11) is 0. The van der Waals surface area contributed by atoms with Crippen molar-refractivity contribution in [2.45, 2.75) is 63.7 Å². The molecule has 3 aromatic carbocycles. The molecule has 6 nitrogen and oxygen atoms in total. The zero-order valence-electron chi connectivity index (χ0n) is 21.1. The lowest BCUT2D eigenvalue weighted by Gasteiger charge is -2.08. The zero-order chi connectivity index (χ0) is 25.1. The lowest BCUT2D eigenvalue weighted by atomic mass is 9.99. The summed E-state index contributed by atoms with van der Waals surface area (Å²) in [6.45, 7) is 4.45. The van der Waals surface area contributed by atoms with Crippen molar-refractivity contribution in [3.05, 3.63) is 71.4 Å². The summed E-state index contributed by atoms with van der Waals surface area (Å²) in [6.07, 6.45) is 4.55. The summed E-state index contributed by atoms with van der Waals surface area (Å²) in [5.74, 6) is 1.97. The van der Waals surface area contributed by atoms with Crippen LogP contribution in [0.25, 0.3) is 44.2 Å². The second-order valence-corrected chi connectivity index (χ2v) is 11.2. The largest absolute Gasteiger partial charge is 0.341 e. The third kappa shape index (κ3) is 4.13. The zero-order valence-corrected chi connectivity index (χ0v) is 21.9. The average Bonchev–Trinajstić information content (AvgIpc) is 3.70. The molecule has 7 rings (SSSR count). The molecule has 4 heterocycles. The SMILES string of the molecule is C[C@H]1CC[C@@H](c2nc(-c3ccc(-c4ccc5c(ccc6[nH]c([C@@H]7CC[C@H](C)N7)nc65)c4)cc3)c(Cl)[nH]2)N1. The number of aromatic amines is 2. The number of halogens is 1. The van der Waals surface area contributed by atoms with Gasteiger partial charge in [0, 0.05) is 23.0 Å². The van der Waals surface area contributed by atoms with Crippen molar-refractivity contribution in [1.29, 1.82) is 0 Å². The summed E-state index contributed by atoms with van der Waals surface area (Å²) in [5.41, 5.74) is 6.31. The summed E-state index contributed by atoms with van der Waals surface area (Å²) in [6, 6.07) is 21.1. The highest BCUT2D eigenvalue weighted by molar-refractivity contribution is 6.31. The fourth-order valence-electron chi connectivity index (χ4n) is 6.00. The Hall–Kier alpha value is -3.19. The molecule has 0 spiro atoms. The normalized spacial score (nSPS) is 24.0. The molecule has 2 saturated heterocycles. The second kappa shape index (κ2) is 8.98. The van der Waals surface area contributed by atoms with E-state index in [2.05, 4.69) is 89.0 Å². The van der Waals surface area contributed by atoms with Crippen molar-refractivity contribution >= 4 is 33.4 Å². The molecule has 4 atom stereocenters. The van der Waals surface area contributed by atoms with Gasteiger partial charge in [-0.05, 0) is 68.2 Å². The number of imidazole rings is 2. The Morgan fingerprint density at radius 2 is 1.35 bits per heavy atom. The number of hydrogen-bond donors (Lipinski definition) is 4. The highest BCUT2D eigenvalue weighted by Crippen LogP contribution is 2.34. The van der Waals surface area contributed by atoms with Crippen LogP contribution in [0.4, 0.5) is 0 Å². The lowest BCUT2D eigenvalue weighted by Crippen LogP contribution is -2.21. The Bertz CT molecular complexity index is 1600. The van der Waals surface area contributed by atoms with E-state index >= 15 is 0 Å². The Morgan fingerprint density at radius 1 is 0.703 bits per heavy atom. The number of hydrogen-bond acceptors (Lipinski definition) is 4. The van der Waals surface area contributed by atoms with Gasteiger partial charge < -0.3 is 20.6 Å². The van der Waals surface area contributed by atoms with Crippen LogP contribution in [-0.4, -0.2) is 32.0 Å². The van der Waals surface area contributed by atoms with Crippen LogP contribution >= 0.6 is 11.6 Å². The van der Waals surface area contributed by atoms with E-state index in [9.17, 15) is 0 Å². The molecule has 2 fully saturated rings. The van der Waals surface area contributed by atoms with E-state index < -0.39 is 0 Å². The van der Waals surface area contributed by atoms with Gasteiger partial charge in [-0.25, -0.2) is 9.97 Å². The number of benzene rings is 3. The molecule has 188 valence electrons. The first kappa shape index (κ1) is 23.0. The monoisotopic (exact) mass is 510 g/mol. The van der Waals surface area contributed by atoms with Crippen molar-refractivity contribution < 1.29 is 0 Å². The maximum absolute atomic E-state index is 6.56. The molecule has 2 aliphatic rings. The molecule has 2 aliphatic heterocycles. The van der Waals surface area contributed by atoms with Gasteiger partial charge in [0.1, 0.15) is 22.5 Å². The first-order valence-electron chi connectivity index (χ1n) is 13.3. The van der Waals surface area contributed by atoms with Crippen LogP contribution in [-0.2, 0) is 0 Å². The van der Waals surface area contributed by atoms with Gasteiger partial charge in [0.25, 0.3) is 0 Å². The van der Waals surface area contributed by atoms with E-state index in [1.165, 1.54) is 22.8 Å². The molecule has 0 aliphatic carbocycles. The van der Waals surface area contributed by atoms with Crippen LogP contribution < -0.4 is 10.6 Å². The van der Waals surface area contributed by atoms with Gasteiger partial charge in [-0.2, -0.15) is 0 Å². The average molecular weight is 511 g/mol. The van der Waals surface area contributed by atoms with Crippen LogP contribution in [0.5, 0.6) is 0 Å². The van der Waals surface area contributed by atoms with Gasteiger partial charge in [0.2, 0.25) is 0 Å². The van der Waals surface area contributed by atoms with Crippen molar-refractivity contribution in [3.63, 3.8) is 0 Å².